The zero-order valence-corrected chi connectivity index (χ0v) is 23.8. The minimum atomic E-state index is -0.270. The van der Waals surface area contributed by atoms with E-state index in [0.29, 0.717) is 16.6 Å². The smallest absolute Gasteiger partial charge is 0.267 e. The van der Waals surface area contributed by atoms with Gasteiger partial charge in [-0.05, 0) is 53.6 Å². The van der Waals surface area contributed by atoms with Gasteiger partial charge in [0, 0.05) is 8.95 Å². The van der Waals surface area contributed by atoms with Crippen LogP contribution < -0.4 is 5.43 Å². The molecule has 1 atom stereocenters. The van der Waals surface area contributed by atoms with Gasteiger partial charge in [0.05, 0.1) is 17.0 Å². The number of rotatable bonds is 6. The number of aromatic nitrogens is 5. The van der Waals surface area contributed by atoms with Gasteiger partial charge < -0.3 is 0 Å². The number of hydrazine groups is 1. The van der Waals surface area contributed by atoms with Gasteiger partial charge in [0.15, 0.2) is 0 Å². The third kappa shape index (κ3) is 5.19. The van der Waals surface area contributed by atoms with Crippen LogP contribution >= 0.6 is 55.0 Å². The molecule has 184 valence electrons. The van der Waals surface area contributed by atoms with Crippen LogP contribution in [0.15, 0.2) is 86.6 Å². The number of thioether (sulfide) groups is 1. The summed E-state index contributed by atoms with van der Waals surface area (Å²) in [6, 6.07) is 23.6. The largest absolute Gasteiger partial charge is 0.280 e. The predicted octanol–water partition coefficient (Wildman–Crippen LogP) is 6.50. The molecule has 0 bridgehead atoms. The molecule has 5 aromatic rings. The molecule has 6 rings (SSSR count). The summed E-state index contributed by atoms with van der Waals surface area (Å²) in [6.45, 7) is 0.438. The molecule has 0 aliphatic carbocycles. The number of nitrogens with one attached hydrogen (secondary N) is 1. The van der Waals surface area contributed by atoms with Gasteiger partial charge in [-0.25, -0.2) is 9.69 Å². The van der Waals surface area contributed by atoms with Crippen LogP contribution in [0.1, 0.15) is 21.5 Å². The van der Waals surface area contributed by atoms with Crippen LogP contribution in [0.4, 0.5) is 5.13 Å². The van der Waals surface area contributed by atoms with E-state index in [9.17, 15) is 4.79 Å². The van der Waals surface area contributed by atoms with Gasteiger partial charge in [-0.1, -0.05) is 96.6 Å². The normalized spacial score (nSPS) is 16.7. The van der Waals surface area contributed by atoms with Crippen molar-refractivity contribution in [2.45, 2.75) is 11.9 Å². The van der Waals surface area contributed by atoms with Crippen molar-refractivity contribution in [3.63, 3.8) is 0 Å². The fourth-order valence-electron chi connectivity index (χ4n) is 3.84. The van der Waals surface area contributed by atoms with Gasteiger partial charge in [-0.3, -0.25) is 10.2 Å². The van der Waals surface area contributed by atoms with E-state index < -0.39 is 0 Å². The second-order valence-electron chi connectivity index (χ2n) is 8.11. The third-order valence-electron chi connectivity index (χ3n) is 5.61. The highest BCUT2D eigenvalue weighted by Gasteiger charge is 2.38. The standard InChI is InChI=1S/C25H17Br2N7OS2/c26-17-9-5-15(6-10-17)13-21-23(35)34(24(36-21)16-7-11-18(27)12-8-16)31-25-30-29-22(37-25)14-33-20-4-2-1-3-19(20)28-32-33/h1-13,24H,14H2,(H,30,31)/b21-13-. The van der Waals surface area contributed by atoms with E-state index in [2.05, 4.69) is 57.8 Å². The minimum absolute atomic E-state index is 0.125. The molecule has 1 fully saturated rings. The fraction of sp³-hybridized carbons (Fsp3) is 0.0800. The molecule has 12 heteroatoms. The van der Waals surface area contributed by atoms with E-state index in [-0.39, 0.29) is 11.3 Å². The fourth-order valence-corrected chi connectivity index (χ4v) is 6.27. The first-order chi connectivity index (χ1) is 18.0. The molecule has 2 aromatic heterocycles. The van der Waals surface area contributed by atoms with E-state index >= 15 is 0 Å². The summed E-state index contributed by atoms with van der Waals surface area (Å²) in [6.07, 6.45) is 1.91. The Morgan fingerprint density at radius 2 is 1.65 bits per heavy atom. The molecule has 1 amide bonds. The van der Waals surface area contributed by atoms with Gasteiger partial charge in [0.2, 0.25) is 5.13 Å². The van der Waals surface area contributed by atoms with Crippen molar-refractivity contribution in [3.8, 4) is 0 Å². The highest BCUT2D eigenvalue weighted by atomic mass is 79.9. The number of carbonyl (C=O) groups excluding carboxylic acids is 1. The first-order valence-electron chi connectivity index (χ1n) is 11.1. The number of carbonyl (C=O) groups is 1. The van der Waals surface area contributed by atoms with Crippen molar-refractivity contribution in [2.24, 2.45) is 0 Å². The monoisotopic (exact) mass is 653 g/mol. The Labute approximate surface area is 237 Å². The Kier molecular flexibility index (Phi) is 6.80. The first kappa shape index (κ1) is 24.3. The maximum atomic E-state index is 13.5. The zero-order chi connectivity index (χ0) is 25.4. The molecule has 1 N–H and O–H groups in total. The molecular weight excluding hydrogens is 638 g/mol. The second kappa shape index (κ2) is 10.4. The van der Waals surface area contributed by atoms with Crippen LogP contribution in [-0.4, -0.2) is 36.1 Å². The Morgan fingerprint density at radius 1 is 0.919 bits per heavy atom. The average Bonchev–Trinajstić information content (AvgIpc) is 3.61. The molecular formula is C25H17Br2N7OS2. The van der Waals surface area contributed by atoms with E-state index in [4.69, 9.17) is 0 Å². The molecule has 1 aliphatic heterocycles. The summed E-state index contributed by atoms with van der Waals surface area (Å²) in [7, 11) is 0. The molecule has 1 unspecified atom stereocenters. The lowest BCUT2D eigenvalue weighted by Crippen LogP contribution is -2.33. The quantitative estimate of drug-likeness (QED) is 0.209. The van der Waals surface area contributed by atoms with Crippen molar-refractivity contribution >= 4 is 83.1 Å². The number of fused-ring (bicyclic) bond motifs is 1. The number of nitrogens with zero attached hydrogens (tertiary/aromatic N) is 6. The summed E-state index contributed by atoms with van der Waals surface area (Å²) in [5, 5.41) is 19.7. The van der Waals surface area contributed by atoms with Crippen LogP contribution in [0.3, 0.4) is 0 Å². The molecule has 3 aromatic carbocycles. The van der Waals surface area contributed by atoms with E-state index in [1.54, 1.807) is 9.69 Å². The molecule has 0 radical (unpaired) electrons. The second-order valence-corrected chi connectivity index (χ2v) is 12.1. The lowest BCUT2D eigenvalue weighted by atomic mass is 10.2. The highest BCUT2D eigenvalue weighted by Crippen LogP contribution is 2.46. The van der Waals surface area contributed by atoms with Crippen LogP contribution in [-0.2, 0) is 11.3 Å². The number of hydrogen-bond acceptors (Lipinski definition) is 8. The molecule has 37 heavy (non-hydrogen) atoms. The first-order valence-corrected chi connectivity index (χ1v) is 14.4. The summed E-state index contributed by atoms with van der Waals surface area (Å²) in [4.78, 5) is 14.2. The molecule has 0 saturated carbocycles. The maximum Gasteiger partial charge on any atom is 0.280 e. The Hall–Kier alpha value is -3.06. The minimum Gasteiger partial charge on any atom is -0.267 e. The van der Waals surface area contributed by atoms with Crippen molar-refractivity contribution in [3.05, 3.63) is 103 Å². The predicted molar refractivity (Wildman–Crippen MR) is 154 cm³/mol. The lowest BCUT2D eigenvalue weighted by Gasteiger charge is -2.23. The molecule has 0 spiro atoms. The van der Waals surface area contributed by atoms with Crippen molar-refractivity contribution < 1.29 is 4.79 Å². The Morgan fingerprint density at radius 3 is 2.43 bits per heavy atom. The summed E-state index contributed by atoms with van der Waals surface area (Å²) in [5.41, 5.74) is 6.92. The number of halogens is 2. The Balaban J connectivity index is 1.27. The van der Waals surface area contributed by atoms with Gasteiger partial charge in [-0.2, -0.15) is 0 Å². The number of anilines is 1. The van der Waals surface area contributed by atoms with Crippen LogP contribution in [0.25, 0.3) is 17.1 Å². The van der Waals surface area contributed by atoms with Crippen LogP contribution in [0, 0.1) is 0 Å². The SMILES string of the molecule is O=C1/C(=C/c2ccc(Br)cc2)SC(c2ccc(Br)cc2)N1Nc1nnc(Cn2nnc3ccccc32)s1. The van der Waals surface area contributed by atoms with Crippen molar-refractivity contribution in [1.82, 2.24) is 30.2 Å². The zero-order valence-electron chi connectivity index (χ0n) is 19.0. The lowest BCUT2D eigenvalue weighted by molar-refractivity contribution is -0.124. The van der Waals surface area contributed by atoms with Gasteiger partial charge in [-0.15, -0.1) is 15.3 Å². The summed E-state index contributed by atoms with van der Waals surface area (Å²) < 4.78 is 3.76. The van der Waals surface area contributed by atoms with Crippen LogP contribution in [0.2, 0.25) is 0 Å². The maximum absolute atomic E-state index is 13.5. The van der Waals surface area contributed by atoms with E-state index in [1.165, 1.54) is 23.1 Å². The van der Waals surface area contributed by atoms with Gasteiger partial charge in [0.25, 0.3) is 5.91 Å². The number of benzene rings is 3. The summed E-state index contributed by atoms with van der Waals surface area (Å²) >= 11 is 9.83. The number of para-hydroxylation sites is 1. The van der Waals surface area contributed by atoms with Gasteiger partial charge in [0.1, 0.15) is 15.9 Å². The third-order valence-corrected chi connectivity index (χ3v) is 8.74. The summed E-state index contributed by atoms with van der Waals surface area (Å²) in [5.74, 6) is -0.125. The molecule has 3 heterocycles. The van der Waals surface area contributed by atoms with Crippen LogP contribution in [0.5, 0.6) is 0 Å². The molecule has 8 nitrogen and oxygen atoms in total. The van der Waals surface area contributed by atoms with Crippen molar-refractivity contribution in [1.29, 1.82) is 0 Å². The van der Waals surface area contributed by atoms with Gasteiger partial charge >= 0.3 is 0 Å². The Bertz CT molecular complexity index is 1620. The highest BCUT2D eigenvalue weighted by molar-refractivity contribution is 9.10. The number of amides is 1. The van der Waals surface area contributed by atoms with E-state index in [1.807, 2.05) is 78.9 Å². The molecule has 1 aliphatic rings. The topological polar surface area (TPSA) is 88.8 Å². The van der Waals surface area contributed by atoms with Crippen molar-refractivity contribution in [2.75, 3.05) is 5.43 Å². The average molecular weight is 655 g/mol. The molecule has 1 saturated heterocycles. The number of hydrogen-bond donors (Lipinski definition) is 1. The van der Waals surface area contributed by atoms with E-state index in [0.717, 1.165) is 36.1 Å².